The van der Waals surface area contributed by atoms with E-state index in [1.807, 2.05) is 16.7 Å². The van der Waals surface area contributed by atoms with Gasteiger partial charge in [0.25, 0.3) is 0 Å². The molecule has 0 amide bonds. The molecule has 0 aromatic carbocycles. The van der Waals surface area contributed by atoms with Crippen LogP contribution in [0.25, 0.3) is 0 Å². The number of carboxylic acids is 1. The Morgan fingerprint density at radius 1 is 1.29 bits per heavy atom. The van der Waals surface area contributed by atoms with Gasteiger partial charge >= 0.3 is 5.97 Å². The van der Waals surface area contributed by atoms with Crippen LogP contribution in [0.4, 0.5) is 0 Å². The first kappa shape index (κ1) is 15.5. The second-order valence-electron chi connectivity index (χ2n) is 4.59. The minimum Gasteiger partial charge on any atom is -0.481 e. The van der Waals surface area contributed by atoms with Gasteiger partial charge in [-0.1, -0.05) is 18.7 Å². The van der Waals surface area contributed by atoms with Crippen LogP contribution in [-0.4, -0.2) is 36.6 Å². The Balaban J connectivity index is 2.10. The van der Waals surface area contributed by atoms with Crippen molar-refractivity contribution in [1.29, 1.82) is 0 Å². The molecule has 7 heteroatoms. The third kappa shape index (κ3) is 4.56. The highest BCUT2D eigenvalue weighted by atomic mass is 32.2. The Hall–Kier alpha value is -1.89. The summed E-state index contributed by atoms with van der Waals surface area (Å²) in [6, 6.07) is 3.96. The van der Waals surface area contributed by atoms with Gasteiger partial charge in [0.2, 0.25) is 0 Å². The van der Waals surface area contributed by atoms with Crippen molar-refractivity contribution in [2.45, 2.75) is 37.9 Å². The minimum absolute atomic E-state index is 0.000481. The second-order valence-corrected chi connectivity index (χ2v) is 5.53. The summed E-state index contributed by atoms with van der Waals surface area (Å²) in [6.07, 6.45) is 6.22. The Morgan fingerprint density at radius 3 is 2.71 bits per heavy atom. The number of aliphatic carboxylic acids is 1. The number of carboxylic acid groups (broad SMARTS) is 1. The highest BCUT2D eigenvalue weighted by Gasteiger charge is 2.13. The normalized spacial score (nSPS) is 10.7. The van der Waals surface area contributed by atoms with Gasteiger partial charge in [-0.2, -0.15) is 0 Å². The number of thioether (sulfide) groups is 1. The van der Waals surface area contributed by atoms with E-state index in [9.17, 15) is 4.79 Å². The van der Waals surface area contributed by atoms with Crippen LogP contribution in [-0.2, 0) is 24.2 Å². The van der Waals surface area contributed by atoms with Gasteiger partial charge in [0.15, 0.2) is 5.16 Å². The molecule has 6 nitrogen and oxygen atoms in total. The topological polar surface area (TPSA) is 80.9 Å². The molecule has 112 valence electrons. The molecule has 0 unspecified atom stereocenters. The van der Waals surface area contributed by atoms with Crippen molar-refractivity contribution in [3.8, 4) is 0 Å². The fourth-order valence-electron chi connectivity index (χ4n) is 1.98. The lowest BCUT2D eigenvalue weighted by Gasteiger charge is -2.09. The molecule has 0 aliphatic rings. The Morgan fingerprint density at radius 2 is 2.05 bits per heavy atom. The fraction of sp³-hybridized carbons (Fsp3) is 0.429. The van der Waals surface area contributed by atoms with Crippen molar-refractivity contribution in [1.82, 2.24) is 19.7 Å². The molecule has 0 aliphatic carbocycles. The molecule has 0 fully saturated rings. The maximum absolute atomic E-state index is 10.7. The van der Waals surface area contributed by atoms with Crippen molar-refractivity contribution >= 4 is 17.7 Å². The van der Waals surface area contributed by atoms with E-state index in [0.717, 1.165) is 31.6 Å². The van der Waals surface area contributed by atoms with Gasteiger partial charge in [-0.05, 0) is 30.5 Å². The van der Waals surface area contributed by atoms with Gasteiger partial charge in [-0.25, -0.2) is 0 Å². The fourth-order valence-corrected chi connectivity index (χ4v) is 2.68. The van der Waals surface area contributed by atoms with E-state index in [2.05, 4.69) is 22.1 Å². The SMILES string of the molecule is CCCc1nnc(SCC(=O)O)n1CCc1ccncc1. The maximum Gasteiger partial charge on any atom is 0.313 e. The van der Waals surface area contributed by atoms with E-state index in [4.69, 9.17) is 5.11 Å². The van der Waals surface area contributed by atoms with Gasteiger partial charge in [-0.15, -0.1) is 10.2 Å². The third-order valence-electron chi connectivity index (χ3n) is 2.97. The molecular formula is C14H18N4O2S. The van der Waals surface area contributed by atoms with Crippen LogP contribution >= 0.6 is 11.8 Å². The highest BCUT2D eigenvalue weighted by Crippen LogP contribution is 2.18. The van der Waals surface area contributed by atoms with Crippen molar-refractivity contribution < 1.29 is 9.90 Å². The molecular weight excluding hydrogens is 288 g/mol. The smallest absolute Gasteiger partial charge is 0.313 e. The van der Waals surface area contributed by atoms with Gasteiger partial charge < -0.3 is 9.67 Å². The number of rotatable bonds is 8. The second kappa shape index (κ2) is 7.78. The number of pyridine rings is 1. The van der Waals surface area contributed by atoms with Crippen LogP contribution in [0.3, 0.4) is 0 Å². The number of nitrogens with zero attached hydrogens (tertiary/aromatic N) is 4. The predicted molar refractivity (Wildman–Crippen MR) is 80.3 cm³/mol. The lowest BCUT2D eigenvalue weighted by molar-refractivity contribution is -0.133. The van der Waals surface area contributed by atoms with Crippen LogP contribution in [0.15, 0.2) is 29.7 Å². The highest BCUT2D eigenvalue weighted by molar-refractivity contribution is 7.99. The van der Waals surface area contributed by atoms with Crippen molar-refractivity contribution in [3.63, 3.8) is 0 Å². The van der Waals surface area contributed by atoms with Crippen LogP contribution in [0.2, 0.25) is 0 Å². The van der Waals surface area contributed by atoms with E-state index in [1.54, 1.807) is 12.4 Å². The first-order valence-corrected chi connectivity index (χ1v) is 7.84. The zero-order valence-electron chi connectivity index (χ0n) is 11.9. The molecule has 0 bridgehead atoms. The number of aromatic nitrogens is 4. The molecule has 2 rings (SSSR count). The van der Waals surface area contributed by atoms with Crippen molar-refractivity contribution in [3.05, 3.63) is 35.9 Å². The Kier molecular flexibility index (Phi) is 5.74. The van der Waals surface area contributed by atoms with Crippen LogP contribution < -0.4 is 0 Å². The van der Waals surface area contributed by atoms with E-state index in [0.29, 0.717) is 5.16 Å². The summed E-state index contributed by atoms with van der Waals surface area (Å²) >= 11 is 1.21. The zero-order valence-corrected chi connectivity index (χ0v) is 12.7. The quantitative estimate of drug-likeness (QED) is 0.752. The monoisotopic (exact) mass is 306 g/mol. The lowest BCUT2D eigenvalue weighted by atomic mass is 10.2. The number of hydrogen-bond donors (Lipinski definition) is 1. The predicted octanol–water partition coefficient (Wildman–Crippen LogP) is 2.04. The molecule has 1 N–H and O–H groups in total. The molecule has 0 saturated carbocycles. The summed E-state index contributed by atoms with van der Waals surface area (Å²) in [5.41, 5.74) is 1.19. The van der Waals surface area contributed by atoms with Gasteiger partial charge in [0.1, 0.15) is 5.82 Å². The van der Waals surface area contributed by atoms with Crippen LogP contribution in [0.1, 0.15) is 24.7 Å². The summed E-state index contributed by atoms with van der Waals surface area (Å²) in [5.74, 6) is 0.0691. The Bertz CT molecular complexity index is 586. The van der Waals surface area contributed by atoms with Crippen LogP contribution in [0, 0.1) is 0 Å². The standard InChI is InChI=1S/C14H18N4O2S/c1-2-3-12-16-17-14(21-10-13(19)20)18(12)9-6-11-4-7-15-8-5-11/h4-5,7-8H,2-3,6,9-10H2,1H3,(H,19,20). The average molecular weight is 306 g/mol. The van der Waals surface area contributed by atoms with Crippen molar-refractivity contribution in [2.24, 2.45) is 0 Å². The molecule has 2 aromatic heterocycles. The first-order valence-electron chi connectivity index (χ1n) is 6.86. The maximum atomic E-state index is 10.7. The van der Waals surface area contributed by atoms with E-state index < -0.39 is 5.97 Å². The molecule has 0 saturated heterocycles. The van der Waals surface area contributed by atoms with Crippen LogP contribution in [0.5, 0.6) is 0 Å². The molecule has 0 atom stereocenters. The average Bonchev–Trinajstić information content (AvgIpc) is 2.86. The number of carbonyl (C=O) groups is 1. The molecule has 0 spiro atoms. The summed E-state index contributed by atoms with van der Waals surface area (Å²) in [7, 11) is 0. The zero-order chi connectivity index (χ0) is 15.1. The molecule has 2 heterocycles. The summed E-state index contributed by atoms with van der Waals surface area (Å²) in [4.78, 5) is 14.7. The van der Waals surface area contributed by atoms with Gasteiger partial charge in [0, 0.05) is 25.4 Å². The molecule has 21 heavy (non-hydrogen) atoms. The molecule has 0 radical (unpaired) electrons. The first-order chi connectivity index (χ1) is 10.2. The summed E-state index contributed by atoms with van der Waals surface area (Å²) in [5, 5.41) is 17.8. The third-order valence-corrected chi connectivity index (χ3v) is 3.92. The molecule has 2 aromatic rings. The van der Waals surface area contributed by atoms with Gasteiger partial charge in [-0.3, -0.25) is 9.78 Å². The van der Waals surface area contributed by atoms with E-state index in [1.165, 1.54) is 17.3 Å². The van der Waals surface area contributed by atoms with Crippen molar-refractivity contribution in [2.75, 3.05) is 5.75 Å². The van der Waals surface area contributed by atoms with Gasteiger partial charge in [0.05, 0.1) is 5.75 Å². The largest absolute Gasteiger partial charge is 0.481 e. The number of aryl methyl sites for hydroxylation is 2. The van der Waals surface area contributed by atoms with E-state index in [-0.39, 0.29) is 5.75 Å². The lowest BCUT2D eigenvalue weighted by Crippen LogP contribution is -2.09. The molecule has 0 aliphatic heterocycles. The number of hydrogen-bond acceptors (Lipinski definition) is 5. The summed E-state index contributed by atoms with van der Waals surface area (Å²) < 4.78 is 2.03. The Labute approximate surface area is 127 Å². The minimum atomic E-state index is -0.847. The summed E-state index contributed by atoms with van der Waals surface area (Å²) in [6.45, 7) is 2.83. The van der Waals surface area contributed by atoms with E-state index >= 15 is 0 Å².